The van der Waals surface area contributed by atoms with Crippen LogP contribution in [0.15, 0.2) is 28.7 Å². The van der Waals surface area contributed by atoms with Crippen LogP contribution < -0.4 is 0 Å². The topological polar surface area (TPSA) is 29.5 Å². The van der Waals surface area contributed by atoms with Gasteiger partial charge in [-0.3, -0.25) is 4.79 Å². The minimum atomic E-state index is 0.171. The number of aryl methyl sites for hydroxylation is 1. The molecule has 1 aliphatic rings. The average Bonchev–Trinajstić information content (AvgIpc) is 2.41. The second-order valence-electron chi connectivity index (χ2n) is 5.00. The Morgan fingerprint density at radius 2 is 2.16 bits per heavy atom. The number of hydrogen-bond acceptors (Lipinski definition) is 2. The van der Waals surface area contributed by atoms with Gasteiger partial charge in [-0.2, -0.15) is 0 Å². The number of halogens is 1. The highest BCUT2D eigenvalue weighted by atomic mass is 79.9. The molecule has 1 aromatic rings. The number of rotatable bonds is 4. The second kappa shape index (κ2) is 7.06. The molecule has 0 unspecified atom stereocenters. The molecule has 1 amide bonds. The largest absolute Gasteiger partial charge is 0.375 e. The standard InChI is InChI=1S/C15H20BrNO2/c1-12-11-17(9-10-19-12)15(18)4-2-3-13-5-7-14(16)8-6-13/h5-8,12H,2-4,9-11H2,1H3/t12-/m1/s1. The van der Waals surface area contributed by atoms with E-state index in [1.165, 1.54) is 5.56 Å². The van der Waals surface area contributed by atoms with E-state index in [1.807, 2.05) is 24.0 Å². The van der Waals surface area contributed by atoms with Crippen molar-refractivity contribution in [1.82, 2.24) is 4.90 Å². The van der Waals surface area contributed by atoms with Crippen LogP contribution in [0.5, 0.6) is 0 Å². The van der Waals surface area contributed by atoms with Gasteiger partial charge in [0.1, 0.15) is 0 Å². The summed E-state index contributed by atoms with van der Waals surface area (Å²) in [6.45, 7) is 4.15. The van der Waals surface area contributed by atoms with Crippen molar-refractivity contribution in [3.63, 3.8) is 0 Å². The van der Waals surface area contributed by atoms with E-state index in [-0.39, 0.29) is 12.0 Å². The highest BCUT2D eigenvalue weighted by Crippen LogP contribution is 2.13. The molecule has 0 radical (unpaired) electrons. The predicted octanol–water partition coefficient (Wildman–Crippen LogP) is 3.02. The van der Waals surface area contributed by atoms with Crippen molar-refractivity contribution in [3.8, 4) is 0 Å². The number of ether oxygens (including phenoxy) is 1. The first kappa shape index (κ1) is 14.5. The third-order valence-corrected chi connectivity index (χ3v) is 3.89. The first-order valence-electron chi connectivity index (χ1n) is 6.79. The summed E-state index contributed by atoms with van der Waals surface area (Å²) in [7, 11) is 0. The molecule has 1 aromatic carbocycles. The quantitative estimate of drug-likeness (QED) is 0.851. The van der Waals surface area contributed by atoms with Crippen molar-refractivity contribution in [2.75, 3.05) is 19.7 Å². The van der Waals surface area contributed by atoms with E-state index in [1.54, 1.807) is 0 Å². The third-order valence-electron chi connectivity index (χ3n) is 3.36. The summed E-state index contributed by atoms with van der Waals surface area (Å²) < 4.78 is 6.54. The van der Waals surface area contributed by atoms with Gasteiger partial charge >= 0.3 is 0 Å². The lowest BCUT2D eigenvalue weighted by molar-refractivity contribution is -0.138. The third kappa shape index (κ3) is 4.62. The maximum Gasteiger partial charge on any atom is 0.222 e. The lowest BCUT2D eigenvalue weighted by Crippen LogP contribution is -2.44. The Hall–Kier alpha value is -0.870. The van der Waals surface area contributed by atoms with Gasteiger partial charge in [-0.05, 0) is 37.5 Å². The Morgan fingerprint density at radius 3 is 2.84 bits per heavy atom. The molecule has 1 heterocycles. The van der Waals surface area contributed by atoms with Crippen LogP contribution in [0.4, 0.5) is 0 Å². The van der Waals surface area contributed by atoms with Crippen LogP contribution in [0.3, 0.4) is 0 Å². The molecule has 1 fully saturated rings. The van der Waals surface area contributed by atoms with Crippen LogP contribution in [0.25, 0.3) is 0 Å². The minimum Gasteiger partial charge on any atom is -0.375 e. The van der Waals surface area contributed by atoms with Gasteiger partial charge < -0.3 is 9.64 Å². The zero-order valence-corrected chi connectivity index (χ0v) is 12.9. The van der Waals surface area contributed by atoms with E-state index < -0.39 is 0 Å². The summed E-state index contributed by atoms with van der Waals surface area (Å²) in [4.78, 5) is 14.0. The van der Waals surface area contributed by atoms with E-state index in [9.17, 15) is 4.79 Å². The molecule has 1 aliphatic heterocycles. The summed E-state index contributed by atoms with van der Waals surface area (Å²) in [6, 6.07) is 8.29. The Bertz CT molecular complexity index is 419. The number of benzene rings is 1. The summed E-state index contributed by atoms with van der Waals surface area (Å²) in [5, 5.41) is 0. The number of morpholine rings is 1. The Kier molecular flexibility index (Phi) is 5.40. The number of carbonyl (C=O) groups excluding carboxylic acids is 1. The molecule has 0 bridgehead atoms. The van der Waals surface area contributed by atoms with Gasteiger partial charge in [-0.1, -0.05) is 28.1 Å². The Balaban J connectivity index is 1.73. The summed E-state index contributed by atoms with van der Waals surface area (Å²) in [6.07, 6.45) is 2.66. The smallest absolute Gasteiger partial charge is 0.222 e. The molecule has 0 aliphatic carbocycles. The van der Waals surface area contributed by atoms with Crippen LogP contribution in [-0.2, 0) is 16.0 Å². The number of nitrogens with zero attached hydrogens (tertiary/aromatic N) is 1. The van der Waals surface area contributed by atoms with Crippen LogP contribution in [0.2, 0.25) is 0 Å². The Labute approximate surface area is 123 Å². The van der Waals surface area contributed by atoms with Crippen molar-refractivity contribution in [1.29, 1.82) is 0 Å². The fourth-order valence-electron chi connectivity index (χ4n) is 2.30. The van der Waals surface area contributed by atoms with Gasteiger partial charge in [-0.25, -0.2) is 0 Å². The fourth-order valence-corrected chi connectivity index (χ4v) is 2.56. The molecular formula is C15H20BrNO2. The molecule has 104 valence electrons. The average molecular weight is 326 g/mol. The summed E-state index contributed by atoms with van der Waals surface area (Å²) in [5.74, 6) is 0.257. The lowest BCUT2D eigenvalue weighted by atomic mass is 10.1. The van der Waals surface area contributed by atoms with Crippen molar-refractivity contribution in [2.45, 2.75) is 32.3 Å². The zero-order chi connectivity index (χ0) is 13.7. The van der Waals surface area contributed by atoms with E-state index in [4.69, 9.17) is 4.74 Å². The van der Waals surface area contributed by atoms with Crippen molar-refractivity contribution in [2.24, 2.45) is 0 Å². The maximum atomic E-state index is 12.1. The first-order valence-corrected chi connectivity index (χ1v) is 7.58. The summed E-state index contributed by atoms with van der Waals surface area (Å²) in [5.41, 5.74) is 1.28. The molecule has 3 nitrogen and oxygen atoms in total. The van der Waals surface area contributed by atoms with Gasteiger partial charge in [0, 0.05) is 24.0 Å². The molecule has 0 N–H and O–H groups in total. The van der Waals surface area contributed by atoms with E-state index >= 15 is 0 Å². The predicted molar refractivity (Wildman–Crippen MR) is 79.1 cm³/mol. The van der Waals surface area contributed by atoms with E-state index in [0.29, 0.717) is 13.0 Å². The first-order chi connectivity index (χ1) is 9.15. The lowest BCUT2D eigenvalue weighted by Gasteiger charge is -2.31. The van der Waals surface area contributed by atoms with Gasteiger partial charge in [0.2, 0.25) is 5.91 Å². The molecule has 0 aromatic heterocycles. The highest BCUT2D eigenvalue weighted by Gasteiger charge is 2.20. The van der Waals surface area contributed by atoms with Crippen molar-refractivity contribution >= 4 is 21.8 Å². The molecule has 0 saturated carbocycles. The zero-order valence-electron chi connectivity index (χ0n) is 11.3. The van der Waals surface area contributed by atoms with Crippen molar-refractivity contribution < 1.29 is 9.53 Å². The van der Waals surface area contributed by atoms with Crippen LogP contribution in [0.1, 0.15) is 25.3 Å². The molecular weight excluding hydrogens is 306 g/mol. The van der Waals surface area contributed by atoms with Crippen molar-refractivity contribution in [3.05, 3.63) is 34.3 Å². The molecule has 1 atom stereocenters. The second-order valence-corrected chi connectivity index (χ2v) is 5.92. The molecule has 0 spiro atoms. The van der Waals surface area contributed by atoms with Gasteiger partial charge in [0.25, 0.3) is 0 Å². The highest BCUT2D eigenvalue weighted by molar-refractivity contribution is 9.10. The molecule has 4 heteroatoms. The minimum absolute atomic E-state index is 0.171. The van der Waals surface area contributed by atoms with Crippen LogP contribution in [-0.4, -0.2) is 36.6 Å². The monoisotopic (exact) mass is 325 g/mol. The van der Waals surface area contributed by atoms with Crippen LogP contribution >= 0.6 is 15.9 Å². The number of hydrogen-bond donors (Lipinski definition) is 0. The summed E-state index contributed by atoms with van der Waals surface area (Å²) >= 11 is 3.42. The SMILES string of the molecule is C[C@@H]1CN(C(=O)CCCc2ccc(Br)cc2)CCO1. The Morgan fingerprint density at radius 1 is 1.42 bits per heavy atom. The normalized spacial score (nSPS) is 19.5. The molecule has 2 rings (SSSR count). The molecule has 19 heavy (non-hydrogen) atoms. The van der Waals surface area contributed by atoms with Gasteiger partial charge in [-0.15, -0.1) is 0 Å². The fraction of sp³-hybridized carbons (Fsp3) is 0.533. The molecule has 1 saturated heterocycles. The van der Waals surface area contributed by atoms with Gasteiger partial charge in [0.15, 0.2) is 0 Å². The maximum absolute atomic E-state index is 12.1. The van der Waals surface area contributed by atoms with Gasteiger partial charge in [0.05, 0.1) is 12.7 Å². The van der Waals surface area contributed by atoms with E-state index in [0.717, 1.165) is 30.4 Å². The number of amides is 1. The van der Waals surface area contributed by atoms with E-state index in [2.05, 4.69) is 28.1 Å². The number of carbonyl (C=O) groups is 1. The van der Waals surface area contributed by atoms with Crippen LogP contribution in [0, 0.1) is 0 Å².